The highest BCUT2D eigenvalue weighted by atomic mass is 16.5. The smallest absolute Gasteiger partial charge is 0.268 e. The summed E-state index contributed by atoms with van der Waals surface area (Å²) in [5.41, 5.74) is 5.50. The minimum Gasteiger partial charge on any atom is -0.758 e. The van der Waals surface area contributed by atoms with Crippen molar-refractivity contribution in [2.24, 2.45) is 0 Å². The lowest BCUT2D eigenvalue weighted by Crippen LogP contribution is -2.58. The molecule has 0 aromatic heterocycles. The fraction of sp³-hybridized carbons (Fsp3) is 0.500. The van der Waals surface area contributed by atoms with E-state index in [1.54, 1.807) is 0 Å². The van der Waals surface area contributed by atoms with Gasteiger partial charge in [-0.05, 0) is 25.0 Å². The maximum atomic E-state index is 12.8. The number of anilines is 1. The van der Waals surface area contributed by atoms with Gasteiger partial charge in [-0.15, -0.1) is 0 Å². The summed E-state index contributed by atoms with van der Waals surface area (Å²) in [6, 6.07) is 9.53. The van der Waals surface area contributed by atoms with E-state index in [4.69, 9.17) is 0 Å². The summed E-state index contributed by atoms with van der Waals surface area (Å²) in [4.78, 5) is 12.6. The number of hydrazine groups is 1. The molecule has 0 radical (unpaired) electrons. The highest BCUT2D eigenvalue weighted by Crippen LogP contribution is 2.35. The molecule has 1 N–H and O–H groups in total. The zero-order valence-electron chi connectivity index (χ0n) is 12.4. The van der Waals surface area contributed by atoms with Gasteiger partial charge in [-0.1, -0.05) is 24.6 Å². The van der Waals surface area contributed by atoms with Gasteiger partial charge in [0.1, 0.15) is 6.54 Å². The molecule has 2 heterocycles. The standard InChI is InChI=1S/C16H20N4O2/c21-19-13-8-4-5-9-14(13)20(22)16-11-18(17-10-15(16)19)12-6-2-1-3-7-12/h1-3,6-7,13-14,17H,4-5,8-11H2/t13-,14+/m1/s1. The molecule has 0 saturated heterocycles. The van der Waals surface area contributed by atoms with Crippen molar-refractivity contribution in [3.63, 3.8) is 0 Å². The van der Waals surface area contributed by atoms with Crippen molar-refractivity contribution in [1.82, 2.24) is 10.5 Å². The highest BCUT2D eigenvalue weighted by molar-refractivity contribution is 5.47. The number of rotatable bonds is 1. The van der Waals surface area contributed by atoms with Gasteiger partial charge in [0, 0.05) is 16.1 Å². The van der Waals surface area contributed by atoms with E-state index in [2.05, 4.69) is 5.43 Å². The normalized spacial score (nSPS) is 28.5. The van der Waals surface area contributed by atoms with E-state index in [9.17, 15) is 10.1 Å². The van der Waals surface area contributed by atoms with Gasteiger partial charge in [-0.3, -0.25) is 0 Å². The molecule has 1 saturated carbocycles. The van der Waals surface area contributed by atoms with E-state index in [0.717, 1.165) is 41.2 Å². The van der Waals surface area contributed by atoms with Gasteiger partial charge in [0.05, 0.1) is 24.0 Å². The van der Waals surface area contributed by atoms with Crippen molar-refractivity contribution in [3.05, 3.63) is 51.8 Å². The fourth-order valence-corrected chi connectivity index (χ4v) is 3.80. The molecule has 4 rings (SSSR count). The van der Waals surface area contributed by atoms with Crippen LogP contribution in [-0.4, -0.2) is 35.0 Å². The van der Waals surface area contributed by atoms with Crippen molar-refractivity contribution < 1.29 is 4.76 Å². The van der Waals surface area contributed by atoms with Crippen LogP contribution in [0.1, 0.15) is 25.7 Å². The number of benzene rings is 1. The second kappa shape index (κ2) is 5.37. The van der Waals surface area contributed by atoms with Crippen LogP contribution in [0.25, 0.3) is 0 Å². The van der Waals surface area contributed by atoms with E-state index in [-0.39, 0.29) is 12.1 Å². The van der Waals surface area contributed by atoms with Crippen LogP contribution >= 0.6 is 0 Å². The number of nitrogens with zero attached hydrogens (tertiary/aromatic N) is 3. The van der Waals surface area contributed by atoms with Crippen LogP contribution in [0.15, 0.2) is 41.7 Å². The molecule has 0 spiro atoms. The van der Waals surface area contributed by atoms with Crippen LogP contribution in [0.4, 0.5) is 5.69 Å². The van der Waals surface area contributed by atoms with E-state index < -0.39 is 0 Å². The molecule has 0 amide bonds. The molecule has 116 valence electrons. The zero-order valence-corrected chi connectivity index (χ0v) is 12.4. The maximum absolute atomic E-state index is 12.8. The third kappa shape index (κ3) is 2.10. The van der Waals surface area contributed by atoms with E-state index in [1.165, 1.54) is 0 Å². The molecule has 1 aromatic carbocycles. The van der Waals surface area contributed by atoms with Gasteiger partial charge in [0.15, 0.2) is 0 Å². The van der Waals surface area contributed by atoms with Crippen LogP contribution in [0.5, 0.6) is 0 Å². The predicted molar refractivity (Wildman–Crippen MR) is 83.7 cm³/mol. The van der Waals surface area contributed by atoms with Crippen molar-refractivity contribution in [2.45, 2.75) is 37.8 Å². The van der Waals surface area contributed by atoms with Crippen molar-refractivity contribution in [3.8, 4) is 0 Å². The van der Waals surface area contributed by atoms with Crippen LogP contribution in [-0.2, 0) is 0 Å². The van der Waals surface area contributed by atoms with Gasteiger partial charge in [-0.2, -0.15) is 0 Å². The number of nitrogens with one attached hydrogen (secondary N) is 1. The summed E-state index contributed by atoms with van der Waals surface area (Å²) in [5.74, 6) is 0. The molecule has 2 atom stereocenters. The van der Waals surface area contributed by atoms with E-state index in [1.807, 2.05) is 35.3 Å². The Morgan fingerprint density at radius 1 is 1.18 bits per heavy atom. The van der Waals surface area contributed by atoms with Gasteiger partial charge in [0.2, 0.25) is 6.04 Å². The summed E-state index contributed by atoms with van der Waals surface area (Å²) in [6.07, 6.45) is 3.73. The van der Waals surface area contributed by atoms with Gasteiger partial charge >= 0.3 is 0 Å². The van der Waals surface area contributed by atoms with Crippen LogP contribution < -0.4 is 10.4 Å². The largest absolute Gasteiger partial charge is 0.758 e. The van der Waals surface area contributed by atoms with Crippen molar-refractivity contribution in [2.75, 3.05) is 18.1 Å². The molecule has 0 unspecified atom stereocenters. The molecule has 1 fully saturated rings. The lowest BCUT2D eigenvalue weighted by molar-refractivity contribution is -0.559. The Morgan fingerprint density at radius 2 is 1.95 bits per heavy atom. The van der Waals surface area contributed by atoms with E-state index in [0.29, 0.717) is 24.5 Å². The molecule has 6 heteroatoms. The quantitative estimate of drug-likeness (QED) is 0.805. The summed E-state index contributed by atoms with van der Waals surface area (Å²) in [5, 5.41) is 15.8. The monoisotopic (exact) mass is 300 g/mol. The summed E-state index contributed by atoms with van der Waals surface area (Å²) >= 11 is 0. The predicted octanol–water partition coefficient (Wildman–Crippen LogP) is 2.13. The highest BCUT2D eigenvalue weighted by Gasteiger charge is 2.47. The Bertz CT molecular complexity index is 616. The van der Waals surface area contributed by atoms with Crippen molar-refractivity contribution >= 4 is 5.69 Å². The van der Waals surface area contributed by atoms with Crippen LogP contribution in [0.3, 0.4) is 0 Å². The Balaban J connectivity index is 1.65. The molecule has 6 nitrogen and oxygen atoms in total. The minimum atomic E-state index is -0.180. The summed E-state index contributed by atoms with van der Waals surface area (Å²) in [6.45, 7) is 0.848. The van der Waals surface area contributed by atoms with Crippen LogP contribution in [0, 0.1) is 10.1 Å². The summed E-state index contributed by atoms with van der Waals surface area (Å²) < 4.78 is 1.11. The number of hydrogen-bond acceptors (Lipinski definition) is 5. The Labute approximate surface area is 129 Å². The van der Waals surface area contributed by atoms with E-state index >= 15 is 0 Å². The molecule has 22 heavy (non-hydrogen) atoms. The van der Waals surface area contributed by atoms with Gasteiger partial charge in [-0.25, -0.2) is 5.43 Å². The number of nitroso groups, excluding NO2 is 1. The maximum Gasteiger partial charge on any atom is 0.268 e. The third-order valence-electron chi connectivity index (χ3n) is 4.97. The molecule has 2 aliphatic heterocycles. The first-order valence-corrected chi connectivity index (χ1v) is 7.96. The average molecular weight is 300 g/mol. The molecular formula is C16H20N4O2. The SMILES string of the molecule is O=[N+]1C2=C(CN(c3ccccc3)NC2)N([O-])[C@H]2CCCC[C@H]21. The number of hydrogen-bond donors (Lipinski definition) is 1. The fourth-order valence-electron chi connectivity index (χ4n) is 3.80. The van der Waals surface area contributed by atoms with Crippen molar-refractivity contribution in [1.29, 1.82) is 0 Å². The molecule has 1 aromatic rings. The number of fused-ring (bicyclic) bond motifs is 1. The first-order chi connectivity index (χ1) is 10.8. The molecule has 3 aliphatic rings. The molecular weight excluding hydrogens is 280 g/mol. The second-order valence-corrected chi connectivity index (χ2v) is 6.22. The third-order valence-corrected chi connectivity index (χ3v) is 4.97. The lowest BCUT2D eigenvalue weighted by atomic mass is 9.87. The second-order valence-electron chi connectivity index (χ2n) is 6.22. The average Bonchev–Trinajstić information content (AvgIpc) is 2.60. The topological polar surface area (TPSA) is 61.7 Å². The lowest BCUT2D eigenvalue weighted by Gasteiger charge is -2.48. The number of hydroxylamine groups is 2. The molecule has 1 aliphatic carbocycles. The minimum absolute atomic E-state index is 0.171. The first-order valence-electron chi connectivity index (χ1n) is 7.96. The Kier molecular flexibility index (Phi) is 3.35. The first kappa shape index (κ1) is 13.7. The number of para-hydroxylation sites is 1. The Hall–Kier alpha value is -1.92. The van der Waals surface area contributed by atoms with Crippen LogP contribution in [0.2, 0.25) is 0 Å². The zero-order chi connectivity index (χ0) is 15.1. The van der Waals surface area contributed by atoms with Gasteiger partial charge in [0.25, 0.3) is 5.70 Å². The Morgan fingerprint density at radius 3 is 2.77 bits per heavy atom. The molecule has 0 bridgehead atoms. The van der Waals surface area contributed by atoms with Gasteiger partial charge < -0.3 is 15.3 Å². The summed E-state index contributed by atoms with van der Waals surface area (Å²) in [7, 11) is 0.